The summed E-state index contributed by atoms with van der Waals surface area (Å²) in [5, 5.41) is 7.18. The maximum Gasteiger partial charge on any atom is 0.223 e. The molecule has 1 unspecified atom stereocenters. The van der Waals surface area contributed by atoms with Crippen LogP contribution >= 0.6 is 0 Å². The highest BCUT2D eigenvalue weighted by atomic mass is 16.5. The third-order valence-corrected chi connectivity index (χ3v) is 4.06. The fraction of sp³-hybridized carbons (Fsp3) is 0.529. The lowest BCUT2D eigenvalue weighted by atomic mass is 10.2. The van der Waals surface area contributed by atoms with E-state index in [0.29, 0.717) is 38.4 Å². The second kappa shape index (κ2) is 8.01. The number of aromatic nitrogens is 4. The third-order valence-electron chi connectivity index (χ3n) is 4.06. The number of carbonyl (C=O) groups excluding carboxylic acids is 1. The van der Waals surface area contributed by atoms with Crippen LogP contribution in [0.25, 0.3) is 0 Å². The lowest BCUT2D eigenvalue weighted by molar-refractivity contribution is -0.139. The zero-order valence-electron chi connectivity index (χ0n) is 13.9. The maximum absolute atomic E-state index is 12.4. The Hall–Kier alpha value is -2.28. The van der Waals surface area contributed by atoms with Gasteiger partial charge in [-0.15, -0.1) is 0 Å². The average Bonchev–Trinajstić information content (AvgIpc) is 3.10. The van der Waals surface area contributed by atoms with E-state index >= 15 is 0 Å². The first-order valence-corrected chi connectivity index (χ1v) is 8.46. The fourth-order valence-electron chi connectivity index (χ4n) is 2.77. The van der Waals surface area contributed by atoms with E-state index in [1.165, 1.54) is 0 Å². The summed E-state index contributed by atoms with van der Waals surface area (Å²) in [6.45, 7) is 3.73. The smallest absolute Gasteiger partial charge is 0.223 e. The Labute approximate surface area is 141 Å². The SMILES string of the molecule is CCCc1nc(C2CN(C(=O)CCc3ccccn3)CCO2)n[nH]1. The molecule has 1 N–H and O–H groups in total. The number of pyridine rings is 1. The largest absolute Gasteiger partial charge is 0.366 e. The molecule has 24 heavy (non-hydrogen) atoms. The first-order chi connectivity index (χ1) is 11.8. The van der Waals surface area contributed by atoms with Crippen molar-refractivity contribution in [2.75, 3.05) is 19.7 Å². The lowest BCUT2D eigenvalue weighted by Crippen LogP contribution is -2.42. The van der Waals surface area contributed by atoms with Crippen molar-refractivity contribution < 1.29 is 9.53 Å². The van der Waals surface area contributed by atoms with Crippen molar-refractivity contribution in [3.8, 4) is 0 Å². The molecule has 7 nitrogen and oxygen atoms in total. The van der Waals surface area contributed by atoms with Gasteiger partial charge in [0, 0.05) is 31.3 Å². The van der Waals surface area contributed by atoms with E-state index < -0.39 is 0 Å². The standard InChI is InChI=1S/C17H23N5O2/c1-2-5-15-19-17(21-20-15)14-12-22(10-11-24-14)16(23)8-7-13-6-3-4-9-18-13/h3-4,6,9,14H,2,5,7-8,10-12H2,1H3,(H,19,20,21). The molecule has 1 aliphatic rings. The third kappa shape index (κ3) is 4.17. The average molecular weight is 329 g/mol. The molecule has 0 saturated carbocycles. The molecule has 1 saturated heterocycles. The minimum absolute atomic E-state index is 0.123. The van der Waals surface area contributed by atoms with Crippen LogP contribution in [0.15, 0.2) is 24.4 Å². The van der Waals surface area contributed by atoms with Gasteiger partial charge in [0.1, 0.15) is 11.9 Å². The number of aromatic amines is 1. The molecule has 0 spiro atoms. The molecule has 1 atom stereocenters. The predicted octanol–water partition coefficient (Wildman–Crippen LogP) is 1.68. The van der Waals surface area contributed by atoms with Crippen LogP contribution in [-0.2, 0) is 22.4 Å². The Morgan fingerprint density at radius 1 is 1.42 bits per heavy atom. The summed E-state index contributed by atoms with van der Waals surface area (Å²) in [6.07, 6.45) is 4.49. The van der Waals surface area contributed by atoms with E-state index in [2.05, 4.69) is 27.1 Å². The number of aryl methyl sites for hydroxylation is 2. The Morgan fingerprint density at radius 2 is 2.33 bits per heavy atom. The van der Waals surface area contributed by atoms with Crippen molar-refractivity contribution >= 4 is 5.91 Å². The van der Waals surface area contributed by atoms with Crippen LogP contribution in [-0.4, -0.2) is 50.7 Å². The number of nitrogens with one attached hydrogen (secondary N) is 1. The summed E-state index contributed by atoms with van der Waals surface area (Å²) in [5.74, 6) is 1.63. The maximum atomic E-state index is 12.4. The zero-order chi connectivity index (χ0) is 16.8. The van der Waals surface area contributed by atoms with Gasteiger partial charge in [-0.1, -0.05) is 13.0 Å². The highest BCUT2D eigenvalue weighted by molar-refractivity contribution is 5.76. The molecule has 2 aromatic rings. The van der Waals surface area contributed by atoms with Crippen LogP contribution in [0.5, 0.6) is 0 Å². The number of amides is 1. The van der Waals surface area contributed by atoms with E-state index in [9.17, 15) is 4.79 Å². The van der Waals surface area contributed by atoms with Crippen LogP contribution in [0.1, 0.15) is 43.2 Å². The van der Waals surface area contributed by atoms with E-state index in [-0.39, 0.29) is 12.0 Å². The molecule has 0 bridgehead atoms. The van der Waals surface area contributed by atoms with Gasteiger partial charge < -0.3 is 9.64 Å². The summed E-state index contributed by atoms with van der Waals surface area (Å²) < 4.78 is 5.75. The molecular weight excluding hydrogens is 306 g/mol. The number of ether oxygens (including phenoxy) is 1. The minimum atomic E-state index is -0.251. The van der Waals surface area contributed by atoms with Gasteiger partial charge in [-0.3, -0.25) is 14.9 Å². The lowest BCUT2D eigenvalue weighted by Gasteiger charge is -2.31. The molecule has 1 amide bonds. The second-order valence-corrected chi connectivity index (χ2v) is 5.91. The molecule has 3 rings (SSSR count). The summed E-state index contributed by atoms with van der Waals surface area (Å²) in [5.41, 5.74) is 0.939. The van der Waals surface area contributed by atoms with Gasteiger partial charge in [-0.2, -0.15) is 5.10 Å². The van der Waals surface area contributed by atoms with Gasteiger partial charge in [0.15, 0.2) is 5.82 Å². The molecule has 3 heterocycles. The molecule has 1 aliphatic heterocycles. The molecule has 7 heteroatoms. The molecule has 0 aromatic carbocycles. The number of carbonyl (C=O) groups is 1. The Bertz CT molecular complexity index is 658. The van der Waals surface area contributed by atoms with Crippen LogP contribution < -0.4 is 0 Å². The Kier molecular flexibility index (Phi) is 5.53. The number of morpholine rings is 1. The van der Waals surface area contributed by atoms with Gasteiger partial charge in [-0.25, -0.2) is 4.98 Å². The Balaban J connectivity index is 1.55. The van der Waals surface area contributed by atoms with E-state index in [4.69, 9.17) is 4.74 Å². The van der Waals surface area contributed by atoms with Crippen molar-refractivity contribution in [3.05, 3.63) is 41.7 Å². The molecule has 0 aliphatic carbocycles. The summed E-state index contributed by atoms with van der Waals surface area (Å²) in [7, 11) is 0. The van der Waals surface area contributed by atoms with Crippen molar-refractivity contribution in [1.29, 1.82) is 0 Å². The van der Waals surface area contributed by atoms with Gasteiger partial charge in [0.05, 0.1) is 13.2 Å². The number of rotatable bonds is 6. The number of H-pyrrole nitrogens is 1. The zero-order valence-corrected chi connectivity index (χ0v) is 13.9. The normalized spacial score (nSPS) is 17.9. The highest BCUT2D eigenvalue weighted by Crippen LogP contribution is 2.20. The van der Waals surface area contributed by atoms with Gasteiger partial charge >= 0.3 is 0 Å². The van der Waals surface area contributed by atoms with E-state index in [0.717, 1.165) is 24.4 Å². The van der Waals surface area contributed by atoms with Crippen LogP contribution in [0.2, 0.25) is 0 Å². The summed E-state index contributed by atoms with van der Waals surface area (Å²) >= 11 is 0. The molecule has 2 aromatic heterocycles. The summed E-state index contributed by atoms with van der Waals surface area (Å²) in [6, 6.07) is 5.76. The van der Waals surface area contributed by atoms with Gasteiger partial charge in [0.25, 0.3) is 0 Å². The molecule has 128 valence electrons. The van der Waals surface area contributed by atoms with Crippen molar-refractivity contribution in [3.63, 3.8) is 0 Å². The first kappa shape index (κ1) is 16.6. The van der Waals surface area contributed by atoms with E-state index in [1.54, 1.807) is 6.20 Å². The van der Waals surface area contributed by atoms with Crippen molar-refractivity contribution in [2.45, 2.75) is 38.7 Å². The molecule has 0 radical (unpaired) electrons. The van der Waals surface area contributed by atoms with Crippen molar-refractivity contribution in [1.82, 2.24) is 25.1 Å². The van der Waals surface area contributed by atoms with Gasteiger partial charge in [0.2, 0.25) is 5.91 Å². The first-order valence-electron chi connectivity index (χ1n) is 8.46. The molecule has 1 fully saturated rings. The number of nitrogens with zero attached hydrogens (tertiary/aromatic N) is 4. The number of hydrogen-bond donors (Lipinski definition) is 1. The highest BCUT2D eigenvalue weighted by Gasteiger charge is 2.27. The second-order valence-electron chi connectivity index (χ2n) is 5.91. The Morgan fingerprint density at radius 3 is 3.12 bits per heavy atom. The number of hydrogen-bond acceptors (Lipinski definition) is 5. The quantitative estimate of drug-likeness (QED) is 0.872. The fourth-order valence-corrected chi connectivity index (χ4v) is 2.77. The van der Waals surface area contributed by atoms with Crippen molar-refractivity contribution in [2.24, 2.45) is 0 Å². The van der Waals surface area contributed by atoms with Gasteiger partial charge in [-0.05, 0) is 25.0 Å². The molecular formula is C17H23N5O2. The monoisotopic (exact) mass is 329 g/mol. The summed E-state index contributed by atoms with van der Waals surface area (Å²) in [4.78, 5) is 23.0. The topological polar surface area (TPSA) is 84.0 Å². The minimum Gasteiger partial charge on any atom is -0.366 e. The van der Waals surface area contributed by atoms with Crippen LogP contribution in [0.3, 0.4) is 0 Å². The van der Waals surface area contributed by atoms with E-state index in [1.807, 2.05) is 23.1 Å². The predicted molar refractivity (Wildman–Crippen MR) is 88.2 cm³/mol. The van der Waals surface area contributed by atoms with Crippen LogP contribution in [0.4, 0.5) is 0 Å². The van der Waals surface area contributed by atoms with Crippen LogP contribution in [0, 0.1) is 0 Å².